The predicted octanol–water partition coefficient (Wildman–Crippen LogP) is 1.37. The van der Waals surface area contributed by atoms with Crippen LogP contribution in [0.5, 0.6) is 0 Å². The van der Waals surface area contributed by atoms with Crippen LogP contribution in [0.25, 0.3) is 22.4 Å². The average Bonchev–Trinajstić information content (AvgIpc) is 3.16. The largest absolute Gasteiger partial charge is 0.328 e. The lowest BCUT2D eigenvalue weighted by atomic mass is 9.73. The smallest absolute Gasteiger partial charge is 0.234 e. The van der Waals surface area contributed by atoms with Crippen LogP contribution in [0, 0.1) is 0 Å². The maximum Gasteiger partial charge on any atom is 0.234 e. The topological polar surface area (TPSA) is 112 Å². The van der Waals surface area contributed by atoms with E-state index in [2.05, 4.69) is 20.1 Å². The number of aromatic nitrogens is 6. The third-order valence-electron chi connectivity index (χ3n) is 4.75. The summed E-state index contributed by atoms with van der Waals surface area (Å²) in [7, 11) is 0. The minimum absolute atomic E-state index is 0.127. The van der Waals surface area contributed by atoms with E-state index in [0.717, 1.165) is 16.6 Å². The van der Waals surface area contributed by atoms with Crippen molar-refractivity contribution in [1.82, 2.24) is 29.0 Å². The highest BCUT2D eigenvalue weighted by Gasteiger charge is 2.43. The van der Waals surface area contributed by atoms with Crippen LogP contribution in [0.2, 0.25) is 5.15 Å². The van der Waals surface area contributed by atoms with Gasteiger partial charge in [-0.2, -0.15) is 5.10 Å². The van der Waals surface area contributed by atoms with Crippen LogP contribution in [0.1, 0.15) is 18.7 Å². The van der Waals surface area contributed by atoms with Crippen molar-refractivity contribution in [3.05, 3.63) is 48.0 Å². The summed E-state index contributed by atoms with van der Waals surface area (Å²) in [5, 5.41) is 5.09. The molecule has 0 aromatic carbocycles. The van der Waals surface area contributed by atoms with Gasteiger partial charge in [0.05, 0.1) is 23.4 Å². The molecule has 1 aliphatic rings. The predicted molar refractivity (Wildman–Crippen MR) is 93.1 cm³/mol. The highest BCUT2D eigenvalue weighted by molar-refractivity contribution is 6.29. The second-order valence-electron chi connectivity index (χ2n) is 6.56. The second-order valence-corrected chi connectivity index (χ2v) is 6.95. The molecule has 0 aliphatic heterocycles. The van der Waals surface area contributed by atoms with Crippen molar-refractivity contribution in [2.75, 3.05) is 0 Å². The first kappa shape index (κ1) is 14.8. The molecule has 4 aromatic rings. The second kappa shape index (κ2) is 4.98. The lowest BCUT2D eigenvalue weighted by Gasteiger charge is -2.41. The summed E-state index contributed by atoms with van der Waals surface area (Å²) in [4.78, 5) is 13.0. The quantitative estimate of drug-likeness (QED) is 0.562. The standard InChI is InChI=1S/C16H15ClN8/c17-13-7-22-15-21-5-9(8-24(13)15)11-1-2-25-12(11)6-20-14(23-25)16(19)3-10(18)4-16/h1-2,5-8,10H,3-4,18-19H2. The van der Waals surface area contributed by atoms with Gasteiger partial charge in [0.1, 0.15) is 5.15 Å². The molecule has 4 aromatic heterocycles. The summed E-state index contributed by atoms with van der Waals surface area (Å²) in [5.74, 6) is 1.18. The normalized spacial score (nSPS) is 23.2. The zero-order chi connectivity index (χ0) is 17.2. The van der Waals surface area contributed by atoms with Crippen LogP contribution in [0.3, 0.4) is 0 Å². The molecule has 1 saturated carbocycles. The number of halogens is 1. The Morgan fingerprint density at radius 2 is 1.96 bits per heavy atom. The summed E-state index contributed by atoms with van der Waals surface area (Å²) in [6.07, 6.45) is 10.3. The van der Waals surface area contributed by atoms with Gasteiger partial charge >= 0.3 is 0 Å². The van der Waals surface area contributed by atoms with Gasteiger partial charge in [0, 0.05) is 35.8 Å². The Morgan fingerprint density at radius 3 is 2.76 bits per heavy atom. The summed E-state index contributed by atoms with van der Waals surface area (Å²) in [6.45, 7) is 0. The van der Waals surface area contributed by atoms with Crippen LogP contribution >= 0.6 is 11.6 Å². The summed E-state index contributed by atoms with van der Waals surface area (Å²) >= 11 is 6.14. The molecule has 5 rings (SSSR count). The molecule has 0 saturated heterocycles. The van der Waals surface area contributed by atoms with E-state index in [-0.39, 0.29) is 6.04 Å². The van der Waals surface area contributed by atoms with Gasteiger partial charge in [-0.25, -0.2) is 19.5 Å². The molecule has 1 aliphatic carbocycles. The first-order valence-electron chi connectivity index (χ1n) is 7.92. The van der Waals surface area contributed by atoms with Crippen molar-refractivity contribution < 1.29 is 0 Å². The molecule has 25 heavy (non-hydrogen) atoms. The lowest BCUT2D eigenvalue weighted by Crippen LogP contribution is -2.56. The lowest BCUT2D eigenvalue weighted by molar-refractivity contribution is 0.196. The van der Waals surface area contributed by atoms with Gasteiger partial charge < -0.3 is 11.5 Å². The fraction of sp³-hybridized carbons (Fsp3) is 0.250. The molecule has 0 spiro atoms. The first-order chi connectivity index (χ1) is 12.0. The third kappa shape index (κ3) is 2.15. The van der Waals surface area contributed by atoms with Gasteiger partial charge in [0.15, 0.2) is 5.82 Å². The Balaban J connectivity index is 1.61. The molecular weight excluding hydrogens is 340 g/mol. The van der Waals surface area contributed by atoms with Crippen molar-refractivity contribution in [2.24, 2.45) is 11.5 Å². The van der Waals surface area contributed by atoms with Gasteiger partial charge in [-0.15, -0.1) is 0 Å². The van der Waals surface area contributed by atoms with E-state index in [4.69, 9.17) is 23.1 Å². The van der Waals surface area contributed by atoms with Crippen molar-refractivity contribution in [3.8, 4) is 11.1 Å². The Hall–Kier alpha value is -2.55. The van der Waals surface area contributed by atoms with Crippen LogP contribution in [-0.4, -0.2) is 35.0 Å². The minimum atomic E-state index is -0.525. The van der Waals surface area contributed by atoms with Gasteiger partial charge in [-0.05, 0) is 18.9 Å². The Morgan fingerprint density at radius 1 is 1.16 bits per heavy atom. The molecule has 0 amide bonds. The van der Waals surface area contributed by atoms with E-state index in [9.17, 15) is 0 Å². The molecule has 0 atom stereocenters. The van der Waals surface area contributed by atoms with Crippen molar-refractivity contribution in [2.45, 2.75) is 24.4 Å². The number of nitrogens with zero attached hydrogens (tertiary/aromatic N) is 6. The fourth-order valence-electron chi connectivity index (χ4n) is 3.42. The molecule has 4 N–H and O–H groups in total. The number of hydrogen-bond donors (Lipinski definition) is 2. The Labute approximate surface area is 147 Å². The SMILES string of the molecule is NC1CC(N)(c2ncc3c(-c4cnc5ncc(Cl)n5c4)ccn3n2)C1. The number of fused-ring (bicyclic) bond motifs is 2. The average molecular weight is 355 g/mol. The summed E-state index contributed by atoms with van der Waals surface area (Å²) in [6, 6.07) is 2.10. The zero-order valence-electron chi connectivity index (χ0n) is 13.2. The number of hydrogen-bond acceptors (Lipinski definition) is 6. The van der Waals surface area contributed by atoms with E-state index >= 15 is 0 Å². The molecule has 126 valence electrons. The minimum Gasteiger partial charge on any atom is -0.328 e. The van der Waals surface area contributed by atoms with Crippen molar-refractivity contribution >= 4 is 22.9 Å². The molecule has 0 radical (unpaired) electrons. The molecule has 8 nitrogen and oxygen atoms in total. The van der Waals surface area contributed by atoms with E-state index in [0.29, 0.717) is 29.6 Å². The van der Waals surface area contributed by atoms with E-state index in [1.54, 1.807) is 27.5 Å². The molecular formula is C16H15ClN8. The Kier molecular flexibility index (Phi) is 2.94. The fourth-order valence-corrected chi connectivity index (χ4v) is 3.59. The van der Waals surface area contributed by atoms with Gasteiger partial charge in [0.25, 0.3) is 0 Å². The van der Waals surface area contributed by atoms with E-state index in [1.807, 2.05) is 18.5 Å². The molecule has 0 bridgehead atoms. The van der Waals surface area contributed by atoms with Crippen LogP contribution in [-0.2, 0) is 5.54 Å². The molecule has 9 heteroatoms. The summed E-state index contributed by atoms with van der Waals surface area (Å²) < 4.78 is 3.52. The first-order valence-corrected chi connectivity index (χ1v) is 8.30. The van der Waals surface area contributed by atoms with Gasteiger partial charge in [-0.1, -0.05) is 11.6 Å². The monoisotopic (exact) mass is 354 g/mol. The maximum atomic E-state index is 6.34. The van der Waals surface area contributed by atoms with E-state index in [1.165, 1.54) is 0 Å². The van der Waals surface area contributed by atoms with Crippen LogP contribution in [0.4, 0.5) is 0 Å². The number of rotatable bonds is 2. The van der Waals surface area contributed by atoms with Crippen molar-refractivity contribution in [1.29, 1.82) is 0 Å². The van der Waals surface area contributed by atoms with Crippen molar-refractivity contribution in [3.63, 3.8) is 0 Å². The van der Waals surface area contributed by atoms with Gasteiger partial charge in [0.2, 0.25) is 5.78 Å². The van der Waals surface area contributed by atoms with Crippen LogP contribution < -0.4 is 11.5 Å². The summed E-state index contributed by atoms with van der Waals surface area (Å²) in [5.41, 5.74) is 14.4. The third-order valence-corrected chi connectivity index (χ3v) is 5.03. The van der Waals surface area contributed by atoms with Crippen LogP contribution in [0.15, 0.2) is 37.1 Å². The molecule has 4 heterocycles. The zero-order valence-corrected chi connectivity index (χ0v) is 13.9. The molecule has 1 fully saturated rings. The number of imidazole rings is 1. The maximum absolute atomic E-state index is 6.34. The van der Waals surface area contributed by atoms with E-state index < -0.39 is 5.54 Å². The highest BCUT2D eigenvalue weighted by Crippen LogP contribution is 2.36. The molecule has 0 unspecified atom stereocenters. The Bertz CT molecular complexity index is 1110. The highest BCUT2D eigenvalue weighted by atomic mass is 35.5. The number of nitrogens with two attached hydrogens (primary N) is 2. The van der Waals surface area contributed by atoms with Gasteiger partial charge in [-0.3, -0.25) is 4.40 Å².